The quantitative estimate of drug-likeness (QED) is 0.822. The average Bonchev–Trinajstić information content (AvgIpc) is 2.64. The highest BCUT2D eigenvalue weighted by Crippen LogP contribution is 2.27. The molecule has 0 radical (unpaired) electrons. The van der Waals surface area contributed by atoms with E-state index in [1.807, 2.05) is 11.8 Å². The molecule has 3 rings (SSSR count). The van der Waals surface area contributed by atoms with Crippen LogP contribution >= 0.6 is 11.6 Å². The van der Waals surface area contributed by atoms with Gasteiger partial charge < -0.3 is 4.90 Å². The fourth-order valence-corrected chi connectivity index (χ4v) is 4.41. The van der Waals surface area contributed by atoms with E-state index < -0.39 is 10.0 Å². The predicted molar refractivity (Wildman–Crippen MR) is 108 cm³/mol. The van der Waals surface area contributed by atoms with Crippen LogP contribution in [0.2, 0.25) is 5.02 Å². The largest absolute Gasteiger partial charge is 0.339 e. The number of halogens is 1. The molecule has 1 aliphatic heterocycles. The van der Waals surface area contributed by atoms with Crippen LogP contribution in [0.1, 0.15) is 35.7 Å². The van der Waals surface area contributed by atoms with Crippen LogP contribution in [0.25, 0.3) is 0 Å². The van der Waals surface area contributed by atoms with Crippen molar-refractivity contribution in [2.45, 2.75) is 31.6 Å². The number of nitrogens with one attached hydrogen (secondary N) is 1. The van der Waals surface area contributed by atoms with E-state index in [-0.39, 0.29) is 21.5 Å². The van der Waals surface area contributed by atoms with Gasteiger partial charge in [0.05, 0.1) is 15.6 Å². The third-order valence-corrected chi connectivity index (χ3v) is 6.56. The van der Waals surface area contributed by atoms with Crippen molar-refractivity contribution in [2.75, 3.05) is 17.8 Å². The summed E-state index contributed by atoms with van der Waals surface area (Å²) in [6, 6.07) is 11.2. The third kappa shape index (κ3) is 4.62. The molecule has 1 N–H and O–H groups in total. The van der Waals surface area contributed by atoms with Crippen molar-refractivity contribution in [1.29, 1.82) is 0 Å². The molecule has 27 heavy (non-hydrogen) atoms. The average molecular weight is 407 g/mol. The van der Waals surface area contributed by atoms with Crippen LogP contribution in [0.3, 0.4) is 0 Å². The van der Waals surface area contributed by atoms with Crippen molar-refractivity contribution in [2.24, 2.45) is 5.92 Å². The summed E-state index contributed by atoms with van der Waals surface area (Å²) in [7, 11) is -3.74. The van der Waals surface area contributed by atoms with E-state index in [1.54, 1.807) is 30.3 Å². The number of carbonyl (C=O) groups is 1. The number of carbonyl (C=O) groups excluding carboxylic acids is 1. The monoisotopic (exact) mass is 406 g/mol. The number of hydrogen-bond acceptors (Lipinski definition) is 3. The van der Waals surface area contributed by atoms with Crippen LogP contribution in [-0.2, 0) is 10.0 Å². The van der Waals surface area contributed by atoms with Crippen LogP contribution in [-0.4, -0.2) is 32.3 Å². The van der Waals surface area contributed by atoms with Gasteiger partial charge in [-0.2, -0.15) is 0 Å². The van der Waals surface area contributed by atoms with Gasteiger partial charge in [-0.15, -0.1) is 0 Å². The van der Waals surface area contributed by atoms with E-state index in [2.05, 4.69) is 11.6 Å². The van der Waals surface area contributed by atoms with Crippen molar-refractivity contribution >= 4 is 33.2 Å². The van der Waals surface area contributed by atoms with Crippen LogP contribution in [0.5, 0.6) is 0 Å². The second-order valence-electron chi connectivity index (χ2n) is 7.09. The highest BCUT2D eigenvalue weighted by atomic mass is 35.5. The number of anilines is 1. The molecule has 1 amide bonds. The van der Waals surface area contributed by atoms with Gasteiger partial charge in [0.15, 0.2) is 0 Å². The molecule has 0 atom stereocenters. The summed E-state index contributed by atoms with van der Waals surface area (Å²) in [5.41, 5.74) is 1.69. The Morgan fingerprint density at radius 2 is 1.74 bits per heavy atom. The lowest BCUT2D eigenvalue weighted by Crippen LogP contribution is -2.37. The summed E-state index contributed by atoms with van der Waals surface area (Å²) in [5, 5.41) is 0.196. The lowest BCUT2D eigenvalue weighted by atomic mass is 9.98. The van der Waals surface area contributed by atoms with Gasteiger partial charge >= 0.3 is 0 Å². The van der Waals surface area contributed by atoms with Crippen molar-refractivity contribution < 1.29 is 13.2 Å². The molecular formula is C20H23ClN2O3S. The fourth-order valence-electron chi connectivity index (χ4n) is 3.05. The van der Waals surface area contributed by atoms with Gasteiger partial charge in [0, 0.05) is 18.7 Å². The zero-order valence-electron chi connectivity index (χ0n) is 15.4. The second kappa shape index (κ2) is 7.90. The Bertz CT molecular complexity index is 934. The molecule has 0 saturated carbocycles. The Hall–Kier alpha value is -2.05. The van der Waals surface area contributed by atoms with E-state index in [0.717, 1.165) is 31.5 Å². The second-order valence-corrected chi connectivity index (χ2v) is 9.18. The molecule has 1 saturated heterocycles. The van der Waals surface area contributed by atoms with Gasteiger partial charge in [0.25, 0.3) is 15.9 Å². The Morgan fingerprint density at radius 3 is 2.33 bits per heavy atom. The first-order chi connectivity index (χ1) is 12.8. The number of piperidine rings is 1. The molecular weight excluding hydrogens is 384 g/mol. The SMILES string of the molecule is Cc1ccc(S(=O)(=O)Nc2ccc(C(=O)N3CCC(C)CC3)cc2Cl)cc1. The fraction of sp³-hybridized carbons (Fsp3) is 0.350. The van der Waals surface area contributed by atoms with Gasteiger partial charge in [0.1, 0.15) is 0 Å². The number of sulfonamides is 1. The van der Waals surface area contributed by atoms with Gasteiger partial charge in [-0.05, 0) is 56.0 Å². The Labute approximate surface area is 165 Å². The first-order valence-corrected chi connectivity index (χ1v) is 10.8. The first kappa shape index (κ1) is 19.7. The molecule has 1 aliphatic rings. The summed E-state index contributed by atoms with van der Waals surface area (Å²) in [6.07, 6.45) is 1.99. The van der Waals surface area contributed by atoms with Crippen LogP contribution in [0, 0.1) is 12.8 Å². The Balaban J connectivity index is 1.76. The number of benzene rings is 2. The molecule has 0 aromatic heterocycles. The van der Waals surface area contributed by atoms with E-state index in [1.165, 1.54) is 12.1 Å². The maximum atomic E-state index is 12.6. The lowest BCUT2D eigenvalue weighted by molar-refractivity contribution is 0.0697. The highest BCUT2D eigenvalue weighted by Gasteiger charge is 2.22. The highest BCUT2D eigenvalue weighted by molar-refractivity contribution is 7.92. The number of aryl methyl sites for hydroxylation is 1. The van der Waals surface area contributed by atoms with Crippen LogP contribution in [0.4, 0.5) is 5.69 Å². The van der Waals surface area contributed by atoms with Gasteiger partial charge in [-0.25, -0.2) is 8.42 Å². The molecule has 2 aromatic rings. The zero-order valence-corrected chi connectivity index (χ0v) is 17.0. The molecule has 1 fully saturated rings. The summed E-state index contributed by atoms with van der Waals surface area (Å²) in [6.45, 7) is 5.55. The first-order valence-electron chi connectivity index (χ1n) is 8.94. The molecule has 144 valence electrons. The maximum Gasteiger partial charge on any atom is 0.261 e. The van der Waals surface area contributed by atoms with Gasteiger partial charge in [-0.3, -0.25) is 9.52 Å². The molecule has 0 aliphatic carbocycles. The standard InChI is InChI=1S/C20H23ClN2O3S/c1-14-3-6-17(7-4-14)27(25,26)22-19-8-5-16(13-18(19)21)20(24)23-11-9-15(2)10-12-23/h3-8,13,15,22H,9-12H2,1-2H3. The minimum absolute atomic E-state index is 0.0725. The minimum atomic E-state index is -3.74. The zero-order chi connectivity index (χ0) is 19.6. The number of hydrogen-bond donors (Lipinski definition) is 1. The Kier molecular flexibility index (Phi) is 5.77. The molecule has 7 heteroatoms. The van der Waals surface area contributed by atoms with Gasteiger partial charge in [0.2, 0.25) is 0 Å². The predicted octanol–water partition coefficient (Wildman–Crippen LogP) is 4.32. The Morgan fingerprint density at radius 1 is 1.11 bits per heavy atom. The maximum absolute atomic E-state index is 12.6. The van der Waals surface area contributed by atoms with E-state index >= 15 is 0 Å². The molecule has 2 aromatic carbocycles. The normalized spacial score (nSPS) is 15.6. The minimum Gasteiger partial charge on any atom is -0.339 e. The van der Waals surface area contributed by atoms with Crippen molar-refractivity contribution in [1.82, 2.24) is 4.90 Å². The summed E-state index contributed by atoms with van der Waals surface area (Å²) < 4.78 is 27.5. The molecule has 0 spiro atoms. The summed E-state index contributed by atoms with van der Waals surface area (Å²) in [5.74, 6) is 0.563. The van der Waals surface area contributed by atoms with E-state index in [4.69, 9.17) is 11.6 Å². The summed E-state index contributed by atoms with van der Waals surface area (Å²) in [4.78, 5) is 14.6. The van der Waals surface area contributed by atoms with Crippen molar-refractivity contribution in [3.05, 3.63) is 58.6 Å². The third-order valence-electron chi connectivity index (χ3n) is 4.86. The number of likely N-dealkylation sites (tertiary alicyclic amines) is 1. The molecule has 5 nitrogen and oxygen atoms in total. The molecule has 1 heterocycles. The van der Waals surface area contributed by atoms with Crippen LogP contribution in [0.15, 0.2) is 47.4 Å². The number of amides is 1. The van der Waals surface area contributed by atoms with Crippen molar-refractivity contribution in [3.63, 3.8) is 0 Å². The number of nitrogens with zero attached hydrogens (tertiary/aromatic N) is 1. The van der Waals surface area contributed by atoms with Crippen LogP contribution < -0.4 is 4.72 Å². The number of rotatable bonds is 4. The van der Waals surface area contributed by atoms with E-state index in [9.17, 15) is 13.2 Å². The van der Waals surface area contributed by atoms with Crippen molar-refractivity contribution in [3.8, 4) is 0 Å². The topological polar surface area (TPSA) is 66.5 Å². The molecule has 0 bridgehead atoms. The lowest BCUT2D eigenvalue weighted by Gasteiger charge is -2.30. The molecule has 0 unspecified atom stereocenters. The van der Waals surface area contributed by atoms with E-state index in [0.29, 0.717) is 11.5 Å². The smallest absolute Gasteiger partial charge is 0.261 e. The summed E-state index contributed by atoms with van der Waals surface area (Å²) >= 11 is 6.26. The van der Waals surface area contributed by atoms with Gasteiger partial charge in [-0.1, -0.05) is 36.2 Å².